The number of rotatable bonds is 5. The molecule has 0 aliphatic heterocycles. The summed E-state index contributed by atoms with van der Waals surface area (Å²) < 4.78 is 23.4. The smallest absolute Gasteiger partial charge is 0.341 e. The molecular weight excluding hydrogens is 281 g/mol. The van der Waals surface area contributed by atoms with Crippen molar-refractivity contribution < 1.29 is 18.3 Å². The summed E-state index contributed by atoms with van der Waals surface area (Å²) in [4.78, 5) is 12.3. The first kappa shape index (κ1) is 14.5. The molecular formula is C14H14FNO3S. The number of carbonyl (C=O) groups excluding carboxylic acids is 1. The fourth-order valence-electron chi connectivity index (χ4n) is 1.62. The van der Waals surface area contributed by atoms with Gasteiger partial charge in [-0.25, -0.2) is 9.18 Å². The second-order valence-corrected chi connectivity index (χ2v) is 4.97. The van der Waals surface area contributed by atoms with Gasteiger partial charge in [-0.2, -0.15) is 0 Å². The Morgan fingerprint density at radius 3 is 3.00 bits per heavy atom. The summed E-state index contributed by atoms with van der Waals surface area (Å²) in [7, 11) is 0. The minimum absolute atomic E-state index is 0.299. The Morgan fingerprint density at radius 1 is 1.45 bits per heavy atom. The lowest BCUT2D eigenvalue weighted by atomic mass is 10.3. The third-order valence-electron chi connectivity index (χ3n) is 2.58. The van der Waals surface area contributed by atoms with Gasteiger partial charge in [-0.1, -0.05) is 0 Å². The van der Waals surface area contributed by atoms with Gasteiger partial charge in [0.15, 0.2) is 0 Å². The first-order valence-corrected chi connectivity index (χ1v) is 7.01. The Labute approximate surface area is 120 Å². The molecule has 0 bridgehead atoms. The van der Waals surface area contributed by atoms with Crippen LogP contribution in [0.5, 0.6) is 0 Å². The number of benzene rings is 1. The molecule has 1 aromatic heterocycles. The Hall–Kier alpha value is -1.95. The van der Waals surface area contributed by atoms with Gasteiger partial charge in [0.2, 0.25) is 0 Å². The van der Waals surface area contributed by atoms with E-state index in [1.807, 2.05) is 0 Å². The lowest BCUT2D eigenvalue weighted by Gasteiger charge is -2.05. The number of carbonyl (C=O) groups is 1. The number of hydrogen-bond donors (Lipinski definition) is 1. The molecule has 1 aromatic carbocycles. The molecule has 0 atom stereocenters. The molecule has 0 spiro atoms. The molecule has 2 rings (SSSR count). The number of nitrogens with two attached hydrogens (primary N) is 1. The van der Waals surface area contributed by atoms with Crippen LogP contribution in [0.15, 0.2) is 39.8 Å². The van der Waals surface area contributed by atoms with Crippen molar-refractivity contribution in [2.24, 2.45) is 0 Å². The summed E-state index contributed by atoms with van der Waals surface area (Å²) in [5, 5.41) is 0. The van der Waals surface area contributed by atoms with Crippen LogP contribution in [-0.2, 0) is 10.5 Å². The Kier molecular flexibility index (Phi) is 4.68. The molecule has 106 valence electrons. The summed E-state index contributed by atoms with van der Waals surface area (Å²) in [6, 6.07) is 5.72. The topological polar surface area (TPSA) is 65.5 Å². The lowest BCUT2D eigenvalue weighted by Crippen LogP contribution is -2.05. The van der Waals surface area contributed by atoms with Crippen molar-refractivity contribution in [3.63, 3.8) is 0 Å². The van der Waals surface area contributed by atoms with Gasteiger partial charge in [-0.15, -0.1) is 11.8 Å². The van der Waals surface area contributed by atoms with Crippen molar-refractivity contribution >= 4 is 23.4 Å². The van der Waals surface area contributed by atoms with E-state index in [-0.39, 0.29) is 5.82 Å². The zero-order chi connectivity index (χ0) is 14.5. The number of nitrogen functional groups attached to an aromatic ring is 1. The monoisotopic (exact) mass is 295 g/mol. The van der Waals surface area contributed by atoms with Gasteiger partial charge in [0.25, 0.3) is 0 Å². The van der Waals surface area contributed by atoms with E-state index in [9.17, 15) is 9.18 Å². The molecule has 1 heterocycles. The van der Waals surface area contributed by atoms with E-state index in [2.05, 4.69) is 0 Å². The van der Waals surface area contributed by atoms with Crippen LogP contribution in [0, 0.1) is 5.82 Å². The lowest BCUT2D eigenvalue weighted by molar-refractivity contribution is 0.0524. The molecule has 0 amide bonds. The van der Waals surface area contributed by atoms with Crippen molar-refractivity contribution in [1.82, 2.24) is 0 Å². The van der Waals surface area contributed by atoms with Crippen molar-refractivity contribution in [3.8, 4) is 0 Å². The number of thioether (sulfide) groups is 1. The maximum atomic E-state index is 13.2. The predicted molar refractivity (Wildman–Crippen MR) is 75.0 cm³/mol. The second kappa shape index (κ2) is 6.47. The standard InChI is InChI=1S/C14H14FNO3S/c1-2-18-14(17)10-5-6-19-12(10)8-20-13-7-9(15)3-4-11(13)16/h3-7H,2,8,16H2,1H3. The van der Waals surface area contributed by atoms with E-state index < -0.39 is 5.97 Å². The van der Waals surface area contributed by atoms with Crippen LogP contribution < -0.4 is 5.73 Å². The molecule has 2 N–H and O–H groups in total. The molecule has 0 saturated heterocycles. The van der Waals surface area contributed by atoms with Crippen LogP contribution in [0.3, 0.4) is 0 Å². The number of esters is 1. The zero-order valence-electron chi connectivity index (χ0n) is 10.9. The normalized spacial score (nSPS) is 10.5. The first-order valence-electron chi connectivity index (χ1n) is 6.03. The average molecular weight is 295 g/mol. The van der Waals surface area contributed by atoms with Crippen LogP contribution in [-0.4, -0.2) is 12.6 Å². The molecule has 0 unspecified atom stereocenters. The number of ether oxygens (including phenoxy) is 1. The fourth-order valence-corrected chi connectivity index (χ4v) is 2.56. The van der Waals surface area contributed by atoms with Crippen LogP contribution >= 0.6 is 11.8 Å². The van der Waals surface area contributed by atoms with Crippen molar-refractivity contribution in [2.75, 3.05) is 12.3 Å². The van der Waals surface area contributed by atoms with Crippen LogP contribution in [0.25, 0.3) is 0 Å². The highest BCUT2D eigenvalue weighted by Crippen LogP contribution is 2.30. The minimum Gasteiger partial charge on any atom is -0.468 e. The van der Waals surface area contributed by atoms with E-state index >= 15 is 0 Å². The quantitative estimate of drug-likeness (QED) is 0.520. The number of halogens is 1. The Bertz CT molecular complexity index is 612. The Morgan fingerprint density at radius 2 is 2.25 bits per heavy atom. The van der Waals surface area contributed by atoms with Gasteiger partial charge in [-0.3, -0.25) is 0 Å². The molecule has 0 aliphatic rings. The van der Waals surface area contributed by atoms with Gasteiger partial charge < -0.3 is 14.9 Å². The molecule has 0 radical (unpaired) electrons. The van der Waals surface area contributed by atoms with Crippen molar-refractivity contribution in [2.45, 2.75) is 17.6 Å². The summed E-state index contributed by atoms with van der Waals surface area (Å²) in [5.74, 6) is 0.0716. The van der Waals surface area contributed by atoms with Gasteiger partial charge >= 0.3 is 5.97 Å². The van der Waals surface area contributed by atoms with Crippen molar-refractivity contribution in [3.05, 3.63) is 47.7 Å². The SMILES string of the molecule is CCOC(=O)c1ccoc1CSc1cc(F)ccc1N. The molecule has 6 heteroatoms. The predicted octanol–water partition coefficient (Wildman–Crippen LogP) is 3.47. The van der Waals surface area contributed by atoms with Crippen LogP contribution in [0.2, 0.25) is 0 Å². The number of furan rings is 1. The highest BCUT2D eigenvalue weighted by atomic mass is 32.2. The molecule has 20 heavy (non-hydrogen) atoms. The average Bonchev–Trinajstić information content (AvgIpc) is 2.88. The maximum absolute atomic E-state index is 13.2. The van der Waals surface area contributed by atoms with Crippen LogP contribution in [0.4, 0.5) is 10.1 Å². The minimum atomic E-state index is -0.427. The number of hydrogen-bond acceptors (Lipinski definition) is 5. The molecule has 0 aliphatic carbocycles. The van der Waals surface area contributed by atoms with Crippen LogP contribution in [0.1, 0.15) is 23.0 Å². The summed E-state index contributed by atoms with van der Waals surface area (Å²) in [6.45, 7) is 2.04. The summed E-state index contributed by atoms with van der Waals surface area (Å²) in [5.41, 5.74) is 6.64. The van der Waals surface area contributed by atoms with E-state index in [1.165, 1.54) is 36.2 Å². The molecule has 0 fully saturated rings. The Balaban J connectivity index is 2.10. The molecule has 2 aromatic rings. The third kappa shape index (κ3) is 3.33. The zero-order valence-corrected chi connectivity index (χ0v) is 11.7. The number of anilines is 1. The largest absolute Gasteiger partial charge is 0.468 e. The van der Waals surface area contributed by atoms with Crippen molar-refractivity contribution in [1.29, 1.82) is 0 Å². The molecule has 0 saturated carbocycles. The molecule has 4 nitrogen and oxygen atoms in total. The van der Waals surface area contributed by atoms with E-state index in [4.69, 9.17) is 14.9 Å². The third-order valence-corrected chi connectivity index (χ3v) is 3.65. The van der Waals surface area contributed by atoms with Gasteiger partial charge in [0.05, 0.1) is 18.6 Å². The van der Waals surface area contributed by atoms with E-state index in [0.717, 1.165) is 0 Å². The first-order chi connectivity index (χ1) is 9.61. The van der Waals surface area contributed by atoms with E-state index in [1.54, 1.807) is 13.0 Å². The summed E-state index contributed by atoms with van der Waals surface area (Å²) in [6.07, 6.45) is 1.43. The maximum Gasteiger partial charge on any atom is 0.341 e. The highest BCUT2D eigenvalue weighted by molar-refractivity contribution is 7.98. The second-order valence-electron chi connectivity index (χ2n) is 3.95. The van der Waals surface area contributed by atoms with Gasteiger partial charge in [0.1, 0.15) is 17.1 Å². The summed E-state index contributed by atoms with van der Waals surface area (Å²) >= 11 is 1.30. The highest BCUT2D eigenvalue weighted by Gasteiger charge is 2.16. The van der Waals surface area contributed by atoms with Gasteiger partial charge in [0, 0.05) is 10.6 Å². The van der Waals surface area contributed by atoms with Gasteiger partial charge in [-0.05, 0) is 31.2 Å². The fraction of sp³-hybridized carbons (Fsp3) is 0.214. The van der Waals surface area contributed by atoms with E-state index in [0.29, 0.717) is 34.3 Å².